The third-order valence-corrected chi connectivity index (χ3v) is 3.39. The molecule has 0 fully saturated rings. The molecule has 0 heterocycles. The van der Waals surface area contributed by atoms with E-state index < -0.39 is 0 Å². The van der Waals surface area contributed by atoms with Crippen molar-refractivity contribution in [3.05, 3.63) is 41.7 Å². The lowest BCUT2D eigenvalue weighted by atomic mass is 9.98. The predicted octanol–water partition coefficient (Wildman–Crippen LogP) is 4.91. The molecule has 1 aromatic carbocycles. The van der Waals surface area contributed by atoms with Gasteiger partial charge in [0.15, 0.2) is 0 Å². The molecule has 0 saturated heterocycles. The van der Waals surface area contributed by atoms with Crippen LogP contribution in [0.1, 0.15) is 50.7 Å². The van der Waals surface area contributed by atoms with Crippen LogP contribution in [0.25, 0.3) is 5.70 Å². The summed E-state index contributed by atoms with van der Waals surface area (Å²) in [5.74, 6) is 0.484. The first-order valence-electron chi connectivity index (χ1n) is 7.27. The van der Waals surface area contributed by atoms with Crippen molar-refractivity contribution in [2.24, 2.45) is 5.92 Å². The molecule has 0 spiro atoms. The van der Waals surface area contributed by atoms with E-state index in [1.54, 1.807) is 0 Å². The van der Waals surface area contributed by atoms with Crippen molar-refractivity contribution in [1.82, 2.24) is 5.32 Å². The van der Waals surface area contributed by atoms with Crippen LogP contribution in [0.2, 0.25) is 0 Å². The summed E-state index contributed by atoms with van der Waals surface area (Å²) < 4.78 is 13.4. The molecule has 0 saturated carbocycles. The van der Waals surface area contributed by atoms with Crippen molar-refractivity contribution < 1.29 is 4.39 Å². The molecule has 106 valence electrons. The highest BCUT2D eigenvalue weighted by Crippen LogP contribution is 2.17. The van der Waals surface area contributed by atoms with Crippen LogP contribution in [0.5, 0.6) is 0 Å². The minimum Gasteiger partial charge on any atom is -0.385 e. The van der Waals surface area contributed by atoms with Crippen molar-refractivity contribution >= 4 is 5.70 Å². The van der Waals surface area contributed by atoms with Crippen LogP contribution in [0.15, 0.2) is 24.8 Å². The Kier molecular flexibility index (Phi) is 6.61. The van der Waals surface area contributed by atoms with Gasteiger partial charge in [0.05, 0.1) is 0 Å². The fraction of sp³-hybridized carbons (Fsp3) is 0.529. The molecule has 0 unspecified atom stereocenters. The second-order valence-electron chi connectivity index (χ2n) is 5.32. The lowest BCUT2D eigenvalue weighted by molar-refractivity contribution is 0.433. The van der Waals surface area contributed by atoms with Gasteiger partial charge in [-0.05, 0) is 49.4 Å². The van der Waals surface area contributed by atoms with Gasteiger partial charge in [-0.1, -0.05) is 33.3 Å². The molecule has 0 aliphatic carbocycles. The predicted molar refractivity (Wildman–Crippen MR) is 81.5 cm³/mol. The van der Waals surface area contributed by atoms with Crippen LogP contribution in [0.4, 0.5) is 4.39 Å². The van der Waals surface area contributed by atoms with Crippen molar-refractivity contribution in [2.45, 2.75) is 46.5 Å². The number of rotatable bonds is 8. The average Bonchev–Trinajstić information content (AvgIpc) is 2.35. The Balaban J connectivity index is 2.58. The van der Waals surface area contributed by atoms with Crippen LogP contribution >= 0.6 is 0 Å². The summed E-state index contributed by atoms with van der Waals surface area (Å²) in [7, 11) is 0. The zero-order chi connectivity index (χ0) is 14.3. The van der Waals surface area contributed by atoms with Crippen LogP contribution in [-0.4, -0.2) is 6.54 Å². The Bertz CT molecular complexity index is 385. The van der Waals surface area contributed by atoms with E-state index in [4.69, 9.17) is 0 Å². The molecule has 0 amide bonds. The highest BCUT2D eigenvalue weighted by molar-refractivity contribution is 5.62. The van der Waals surface area contributed by atoms with Gasteiger partial charge in [-0.15, -0.1) is 0 Å². The molecule has 1 nitrogen and oxygen atoms in total. The number of nitrogens with one attached hydrogen (secondary N) is 1. The van der Waals surface area contributed by atoms with Crippen molar-refractivity contribution in [3.8, 4) is 0 Å². The lowest BCUT2D eigenvalue weighted by Crippen LogP contribution is -2.21. The molecule has 0 radical (unpaired) electrons. The van der Waals surface area contributed by atoms with E-state index in [1.807, 2.05) is 13.0 Å². The van der Waals surface area contributed by atoms with E-state index in [-0.39, 0.29) is 5.82 Å². The van der Waals surface area contributed by atoms with Gasteiger partial charge in [0.1, 0.15) is 5.82 Å². The third kappa shape index (κ3) is 5.46. The summed E-state index contributed by atoms with van der Waals surface area (Å²) in [5.41, 5.74) is 2.60. The zero-order valence-corrected chi connectivity index (χ0v) is 12.4. The number of hydrogen-bond acceptors (Lipinski definition) is 1. The van der Waals surface area contributed by atoms with Gasteiger partial charge < -0.3 is 5.32 Å². The smallest absolute Gasteiger partial charge is 0.124 e. The molecule has 0 atom stereocenters. The Morgan fingerprint density at radius 3 is 2.37 bits per heavy atom. The number of hydrogen-bond donors (Lipinski definition) is 1. The summed E-state index contributed by atoms with van der Waals surface area (Å²) in [6, 6.07) is 5.04. The van der Waals surface area contributed by atoms with E-state index in [9.17, 15) is 4.39 Å². The Labute approximate surface area is 116 Å². The number of benzene rings is 1. The molecule has 0 aliphatic rings. The highest BCUT2D eigenvalue weighted by atomic mass is 19.1. The summed E-state index contributed by atoms with van der Waals surface area (Å²) >= 11 is 0. The largest absolute Gasteiger partial charge is 0.385 e. The first-order chi connectivity index (χ1) is 9.06. The molecule has 1 rings (SSSR count). The molecule has 1 aromatic rings. The maximum atomic E-state index is 13.4. The van der Waals surface area contributed by atoms with Crippen LogP contribution in [0.3, 0.4) is 0 Å². The van der Waals surface area contributed by atoms with E-state index in [1.165, 1.54) is 37.8 Å². The quantitative estimate of drug-likeness (QED) is 0.702. The third-order valence-electron chi connectivity index (χ3n) is 3.39. The van der Waals surface area contributed by atoms with E-state index in [0.717, 1.165) is 23.4 Å². The van der Waals surface area contributed by atoms with Gasteiger partial charge in [-0.3, -0.25) is 0 Å². The summed E-state index contributed by atoms with van der Waals surface area (Å²) in [5, 5.41) is 3.36. The second-order valence-corrected chi connectivity index (χ2v) is 5.32. The monoisotopic (exact) mass is 263 g/mol. The minimum atomic E-state index is -0.198. The number of halogens is 1. The van der Waals surface area contributed by atoms with Gasteiger partial charge in [-0.2, -0.15) is 0 Å². The normalized spacial score (nSPS) is 10.8. The maximum Gasteiger partial charge on any atom is 0.124 e. The summed E-state index contributed by atoms with van der Waals surface area (Å²) in [6.07, 6.45) is 4.88. The van der Waals surface area contributed by atoms with E-state index >= 15 is 0 Å². The molecule has 0 aliphatic heterocycles. The van der Waals surface area contributed by atoms with Gasteiger partial charge in [-0.25, -0.2) is 4.39 Å². The average molecular weight is 263 g/mol. The van der Waals surface area contributed by atoms with Crippen molar-refractivity contribution in [1.29, 1.82) is 0 Å². The molecule has 19 heavy (non-hydrogen) atoms. The Morgan fingerprint density at radius 1 is 1.21 bits per heavy atom. The highest BCUT2D eigenvalue weighted by Gasteiger charge is 2.08. The summed E-state index contributed by atoms with van der Waals surface area (Å²) in [4.78, 5) is 0. The maximum absolute atomic E-state index is 13.4. The fourth-order valence-electron chi connectivity index (χ4n) is 2.45. The molecular weight excluding hydrogens is 237 g/mol. The molecular formula is C17H26FN. The minimum absolute atomic E-state index is 0.198. The van der Waals surface area contributed by atoms with Gasteiger partial charge >= 0.3 is 0 Å². The molecule has 1 N–H and O–H groups in total. The number of aryl methyl sites for hydroxylation is 1. The van der Waals surface area contributed by atoms with Gasteiger partial charge in [0.2, 0.25) is 0 Å². The first-order valence-corrected chi connectivity index (χ1v) is 7.27. The molecule has 0 bridgehead atoms. The summed E-state index contributed by atoms with van der Waals surface area (Å²) in [6.45, 7) is 11.3. The second kappa shape index (κ2) is 7.98. The SMILES string of the molecule is C=C(NCC(CCC)CCC)c1cc(C)cc(F)c1. The van der Waals surface area contributed by atoms with E-state index in [0.29, 0.717) is 5.92 Å². The Hall–Kier alpha value is -1.31. The zero-order valence-electron chi connectivity index (χ0n) is 12.4. The lowest BCUT2D eigenvalue weighted by Gasteiger charge is -2.18. The Morgan fingerprint density at radius 2 is 1.84 bits per heavy atom. The topological polar surface area (TPSA) is 12.0 Å². The first kappa shape index (κ1) is 15.7. The van der Waals surface area contributed by atoms with Crippen LogP contribution < -0.4 is 5.32 Å². The molecule has 0 aromatic heterocycles. The van der Waals surface area contributed by atoms with Crippen molar-refractivity contribution in [3.63, 3.8) is 0 Å². The molecule has 2 heteroatoms. The van der Waals surface area contributed by atoms with Crippen LogP contribution in [-0.2, 0) is 0 Å². The fourth-order valence-corrected chi connectivity index (χ4v) is 2.45. The van der Waals surface area contributed by atoms with Crippen LogP contribution in [0, 0.1) is 18.7 Å². The van der Waals surface area contributed by atoms with E-state index in [2.05, 4.69) is 25.7 Å². The van der Waals surface area contributed by atoms with Crippen molar-refractivity contribution in [2.75, 3.05) is 6.54 Å². The van der Waals surface area contributed by atoms with Gasteiger partial charge in [0.25, 0.3) is 0 Å². The standard InChI is InChI=1S/C17H26FN/c1-5-7-15(8-6-2)12-19-14(4)16-9-13(3)10-17(18)11-16/h9-11,15,19H,4-8,12H2,1-3H3. The van der Waals surface area contributed by atoms with Gasteiger partial charge in [0, 0.05) is 17.8 Å².